The summed E-state index contributed by atoms with van der Waals surface area (Å²) in [6.45, 7) is 0.491. The first-order valence-corrected chi connectivity index (χ1v) is 5.91. The Bertz CT molecular complexity index is 400. The number of benzene rings is 1. The van der Waals surface area contributed by atoms with Gasteiger partial charge < -0.3 is 15.8 Å². The highest BCUT2D eigenvalue weighted by atomic mass is 35.5. The molecule has 0 aromatic heterocycles. The molecular weight excluding hydrogens is 247 g/mol. The van der Waals surface area contributed by atoms with Gasteiger partial charge in [-0.25, -0.2) is 0 Å². The lowest BCUT2D eigenvalue weighted by atomic mass is 9.96. The molecule has 5 heteroatoms. The van der Waals surface area contributed by atoms with Crippen molar-refractivity contribution in [3.05, 3.63) is 23.8 Å². The van der Waals surface area contributed by atoms with Gasteiger partial charge in [-0.3, -0.25) is 0 Å². The molecule has 3 nitrogen and oxygen atoms in total. The molecule has 1 aliphatic heterocycles. The molecule has 2 rings (SSSR count). The van der Waals surface area contributed by atoms with Gasteiger partial charge in [0.25, 0.3) is 0 Å². The zero-order valence-electron chi connectivity index (χ0n) is 8.97. The second-order valence-electron chi connectivity index (χ2n) is 3.82. The summed E-state index contributed by atoms with van der Waals surface area (Å²) in [5, 5.41) is 3.15. The number of alkyl halides is 2. The molecule has 0 spiro atoms. The van der Waals surface area contributed by atoms with Gasteiger partial charge in [-0.2, -0.15) is 0 Å². The minimum atomic E-state index is -0.653. The highest BCUT2D eigenvalue weighted by molar-refractivity contribution is 6.34. The summed E-state index contributed by atoms with van der Waals surface area (Å²) < 4.78 is 5.19. The highest BCUT2D eigenvalue weighted by Gasteiger charge is 2.44. The normalized spacial score (nSPS) is 27.4. The summed E-state index contributed by atoms with van der Waals surface area (Å²) in [4.78, 5) is -0.653. The Balaban J connectivity index is 2.45. The van der Waals surface area contributed by atoms with Crippen LogP contribution in [0.15, 0.2) is 18.2 Å². The van der Waals surface area contributed by atoms with Crippen molar-refractivity contribution in [3.63, 3.8) is 0 Å². The molecule has 1 aromatic rings. The number of anilines is 1. The average molecular weight is 261 g/mol. The fourth-order valence-corrected chi connectivity index (χ4v) is 2.64. The standard InChI is InChI=1S/C11H14Cl2N2O/c1-16-7-2-3-9-8(6-7)11(13,4-5-14)10(12)15-9/h2-3,6,10,15H,4-5,14H2,1H3. The fourth-order valence-electron chi connectivity index (χ4n) is 1.98. The number of fused-ring (bicyclic) bond motifs is 1. The Morgan fingerprint density at radius 3 is 2.94 bits per heavy atom. The van der Waals surface area contributed by atoms with Gasteiger partial charge in [-0.15, -0.1) is 11.6 Å². The van der Waals surface area contributed by atoms with Crippen LogP contribution >= 0.6 is 23.2 Å². The molecule has 0 saturated heterocycles. The van der Waals surface area contributed by atoms with E-state index in [0.717, 1.165) is 17.0 Å². The topological polar surface area (TPSA) is 47.3 Å². The summed E-state index contributed by atoms with van der Waals surface area (Å²) in [5.41, 5.74) is 7.14. The minimum Gasteiger partial charge on any atom is -0.497 e. The van der Waals surface area contributed by atoms with Gasteiger partial charge in [-0.1, -0.05) is 11.6 Å². The van der Waals surface area contributed by atoms with Gasteiger partial charge in [0.2, 0.25) is 0 Å². The second-order valence-corrected chi connectivity index (χ2v) is 4.93. The molecule has 16 heavy (non-hydrogen) atoms. The van der Waals surface area contributed by atoms with Crippen molar-refractivity contribution in [2.75, 3.05) is 19.0 Å². The third-order valence-electron chi connectivity index (χ3n) is 2.87. The number of rotatable bonds is 3. The third kappa shape index (κ3) is 1.73. The van der Waals surface area contributed by atoms with E-state index in [2.05, 4.69) is 5.32 Å². The summed E-state index contributed by atoms with van der Waals surface area (Å²) in [5.74, 6) is 0.772. The molecule has 88 valence electrons. The quantitative estimate of drug-likeness (QED) is 0.649. The smallest absolute Gasteiger partial charge is 0.125 e. The lowest BCUT2D eigenvalue weighted by Gasteiger charge is -2.24. The number of hydrogen-bond acceptors (Lipinski definition) is 3. The van der Waals surface area contributed by atoms with Crippen LogP contribution in [0, 0.1) is 0 Å². The number of hydrogen-bond donors (Lipinski definition) is 2. The summed E-state index contributed by atoms with van der Waals surface area (Å²) in [6.07, 6.45) is 0.621. The summed E-state index contributed by atoms with van der Waals surface area (Å²) in [7, 11) is 1.63. The van der Waals surface area contributed by atoms with Crippen molar-refractivity contribution in [2.24, 2.45) is 5.73 Å². The highest BCUT2D eigenvalue weighted by Crippen LogP contribution is 2.49. The van der Waals surface area contributed by atoms with E-state index in [1.807, 2.05) is 18.2 Å². The van der Waals surface area contributed by atoms with Crippen LogP contribution in [0.3, 0.4) is 0 Å². The maximum absolute atomic E-state index is 6.55. The molecule has 0 fully saturated rings. The molecule has 2 unspecified atom stereocenters. The maximum atomic E-state index is 6.55. The van der Waals surface area contributed by atoms with E-state index >= 15 is 0 Å². The van der Waals surface area contributed by atoms with Crippen LogP contribution in [0.5, 0.6) is 5.75 Å². The van der Waals surface area contributed by atoms with Crippen molar-refractivity contribution >= 4 is 28.9 Å². The number of nitrogens with two attached hydrogens (primary N) is 1. The number of halogens is 2. The zero-order valence-corrected chi connectivity index (χ0v) is 10.5. The maximum Gasteiger partial charge on any atom is 0.125 e. The fraction of sp³-hybridized carbons (Fsp3) is 0.455. The molecule has 1 aliphatic rings. The van der Waals surface area contributed by atoms with Crippen LogP contribution in [0.4, 0.5) is 5.69 Å². The van der Waals surface area contributed by atoms with Crippen molar-refractivity contribution in [1.29, 1.82) is 0 Å². The van der Waals surface area contributed by atoms with E-state index < -0.39 is 4.87 Å². The van der Waals surface area contributed by atoms with Gasteiger partial charge in [0, 0.05) is 11.3 Å². The van der Waals surface area contributed by atoms with E-state index in [-0.39, 0.29) is 5.50 Å². The van der Waals surface area contributed by atoms with Gasteiger partial charge in [0.1, 0.15) is 16.1 Å². The van der Waals surface area contributed by atoms with E-state index in [1.54, 1.807) is 7.11 Å². The second kappa shape index (κ2) is 4.32. The third-order valence-corrected chi connectivity index (χ3v) is 4.07. The van der Waals surface area contributed by atoms with Gasteiger partial charge in [0.05, 0.1) is 7.11 Å². The van der Waals surface area contributed by atoms with Crippen LogP contribution in [-0.2, 0) is 4.87 Å². The van der Waals surface area contributed by atoms with Crippen LogP contribution in [0.25, 0.3) is 0 Å². The lowest BCUT2D eigenvalue weighted by molar-refractivity contribution is 0.413. The van der Waals surface area contributed by atoms with Crippen molar-refractivity contribution in [3.8, 4) is 5.75 Å². The number of methoxy groups -OCH3 is 1. The summed E-state index contributed by atoms with van der Waals surface area (Å²) in [6, 6.07) is 5.71. The Hall–Kier alpha value is -0.640. The Morgan fingerprint density at radius 2 is 2.31 bits per heavy atom. The Morgan fingerprint density at radius 1 is 1.56 bits per heavy atom. The average Bonchev–Trinajstić information content (AvgIpc) is 2.52. The van der Waals surface area contributed by atoms with Gasteiger partial charge in [0.15, 0.2) is 0 Å². The molecule has 0 amide bonds. The molecule has 0 saturated carbocycles. The molecule has 0 aliphatic carbocycles. The van der Waals surface area contributed by atoms with E-state index in [0.29, 0.717) is 13.0 Å². The van der Waals surface area contributed by atoms with Crippen molar-refractivity contribution < 1.29 is 4.74 Å². The van der Waals surface area contributed by atoms with Gasteiger partial charge in [-0.05, 0) is 31.2 Å². The van der Waals surface area contributed by atoms with Crippen molar-refractivity contribution in [2.45, 2.75) is 16.8 Å². The minimum absolute atomic E-state index is 0.347. The first kappa shape index (κ1) is 11.8. The molecule has 0 bridgehead atoms. The van der Waals surface area contributed by atoms with E-state index in [9.17, 15) is 0 Å². The first-order chi connectivity index (χ1) is 7.61. The lowest BCUT2D eigenvalue weighted by Crippen LogP contribution is -2.31. The molecular formula is C11H14Cl2N2O. The van der Waals surface area contributed by atoms with Gasteiger partial charge >= 0.3 is 0 Å². The zero-order chi connectivity index (χ0) is 11.8. The Kier molecular flexibility index (Phi) is 3.19. The number of nitrogens with one attached hydrogen (secondary N) is 1. The van der Waals surface area contributed by atoms with Crippen LogP contribution in [0.1, 0.15) is 12.0 Å². The molecule has 1 aromatic carbocycles. The predicted molar refractivity (Wildman–Crippen MR) is 67.5 cm³/mol. The molecule has 3 N–H and O–H groups in total. The van der Waals surface area contributed by atoms with Crippen molar-refractivity contribution in [1.82, 2.24) is 0 Å². The number of ether oxygens (including phenoxy) is 1. The SMILES string of the molecule is COc1ccc2c(c1)C(Cl)(CCN)C(Cl)N2. The monoisotopic (exact) mass is 260 g/mol. The molecule has 2 atom stereocenters. The van der Waals surface area contributed by atoms with Crippen LogP contribution in [-0.4, -0.2) is 19.2 Å². The van der Waals surface area contributed by atoms with E-state index in [1.165, 1.54) is 0 Å². The first-order valence-electron chi connectivity index (χ1n) is 5.10. The van der Waals surface area contributed by atoms with E-state index in [4.69, 9.17) is 33.7 Å². The molecule has 1 heterocycles. The Labute approximate surface area is 105 Å². The summed E-state index contributed by atoms with van der Waals surface area (Å²) >= 11 is 12.8. The predicted octanol–water partition coefficient (Wildman–Crippen LogP) is 2.47. The van der Waals surface area contributed by atoms with Crippen LogP contribution in [0.2, 0.25) is 0 Å². The van der Waals surface area contributed by atoms with Crippen LogP contribution < -0.4 is 15.8 Å². The largest absolute Gasteiger partial charge is 0.497 e. The molecule has 0 radical (unpaired) electrons.